The lowest BCUT2D eigenvalue weighted by molar-refractivity contribution is -0.137. The summed E-state index contributed by atoms with van der Waals surface area (Å²) in [5.41, 5.74) is 6.49. The van der Waals surface area contributed by atoms with Crippen LogP contribution in [-0.2, 0) is 4.79 Å². The van der Waals surface area contributed by atoms with Gasteiger partial charge in [0.1, 0.15) is 11.6 Å². The van der Waals surface area contributed by atoms with Crippen molar-refractivity contribution in [2.24, 2.45) is 11.7 Å². The third-order valence-electron chi connectivity index (χ3n) is 3.27. The molecule has 110 valence electrons. The van der Waals surface area contributed by atoms with Crippen molar-refractivity contribution in [1.82, 2.24) is 0 Å². The van der Waals surface area contributed by atoms with Gasteiger partial charge in [0.25, 0.3) is 0 Å². The quantitative estimate of drug-likeness (QED) is 0.795. The third-order valence-corrected chi connectivity index (χ3v) is 3.86. The topological polar surface area (TPSA) is 72.6 Å². The van der Waals surface area contributed by atoms with Crippen LogP contribution in [0.25, 0.3) is 0 Å². The van der Waals surface area contributed by atoms with E-state index in [1.165, 1.54) is 12.1 Å². The summed E-state index contributed by atoms with van der Waals surface area (Å²) in [5.74, 6) is -0.251. The SMILES string of the molecule is NC(CCC(=O)O)c1cc(F)cc(Br)c1OCC1CC1. The van der Waals surface area contributed by atoms with E-state index in [9.17, 15) is 9.18 Å². The second kappa shape index (κ2) is 6.54. The highest BCUT2D eigenvalue weighted by molar-refractivity contribution is 9.10. The highest BCUT2D eigenvalue weighted by Gasteiger charge is 2.24. The average Bonchev–Trinajstić information content (AvgIpc) is 3.18. The molecule has 0 aromatic heterocycles. The van der Waals surface area contributed by atoms with Crippen molar-refractivity contribution in [3.05, 3.63) is 28.0 Å². The van der Waals surface area contributed by atoms with E-state index in [0.717, 1.165) is 12.8 Å². The zero-order chi connectivity index (χ0) is 14.7. The number of hydrogen-bond donors (Lipinski definition) is 2. The number of ether oxygens (including phenoxy) is 1. The molecular weight excluding hydrogens is 329 g/mol. The number of halogens is 2. The Morgan fingerprint density at radius 3 is 2.85 bits per heavy atom. The van der Waals surface area contributed by atoms with Gasteiger partial charge in [-0.25, -0.2) is 4.39 Å². The molecule has 0 aliphatic heterocycles. The third kappa shape index (κ3) is 4.18. The van der Waals surface area contributed by atoms with Gasteiger partial charge in [0.05, 0.1) is 11.1 Å². The Morgan fingerprint density at radius 2 is 2.25 bits per heavy atom. The normalized spacial score (nSPS) is 15.9. The van der Waals surface area contributed by atoms with Gasteiger partial charge >= 0.3 is 5.97 Å². The first-order chi connectivity index (χ1) is 9.47. The maximum absolute atomic E-state index is 13.5. The minimum absolute atomic E-state index is 0.0582. The minimum Gasteiger partial charge on any atom is -0.492 e. The maximum atomic E-state index is 13.5. The number of aliphatic carboxylic acids is 1. The molecule has 1 fully saturated rings. The predicted octanol–water partition coefficient (Wildman–Crippen LogP) is 3.24. The van der Waals surface area contributed by atoms with Gasteiger partial charge in [-0.3, -0.25) is 4.79 Å². The first-order valence-electron chi connectivity index (χ1n) is 6.56. The van der Waals surface area contributed by atoms with Crippen molar-refractivity contribution in [3.8, 4) is 5.75 Å². The number of hydrogen-bond acceptors (Lipinski definition) is 3. The Morgan fingerprint density at radius 1 is 1.55 bits per heavy atom. The molecule has 1 aromatic carbocycles. The summed E-state index contributed by atoms with van der Waals surface area (Å²) in [6, 6.07) is 2.09. The molecule has 1 atom stereocenters. The van der Waals surface area contributed by atoms with Gasteiger partial charge in [-0.2, -0.15) is 0 Å². The fourth-order valence-corrected chi connectivity index (χ4v) is 2.49. The molecular formula is C14H17BrFNO3. The molecule has 6 heteroatoms. The van der Waals surface area contributed by atoms with Crippen LogP contribution >= 0.6 is 15.9 Å². The zero-order valence-electron chi connectivity index (χ0n) is 10.9. The Hall–Kier alpha value is -1.14. The molecule has 0 radical (unpaired) electrons. The number of carbonyl (C=O) groups is 1. The van der Waals surface area contributed by atoms with Gasteiger partial charge in [0, 0.05) is 18.0 Å². The number of benzene rings is 1. The molecule has 0 heterocycles. The highest BCUT2D eigenvalue weighted by atomic mass is 79.9. The summed E-state index contributed by atoms with van der Waals surface area (Å²) in [6.45, 7) is 0.586. The fourth-order valence-electron chi connectivity index (χ4n) is 1.93. The number of carboxylic acid groups (broad SMARTS) is 1. The molecule has 1 saturated carbocycles. The van der Waals surface area contributed by atoms with Crippen molar-refractivity contribution in [3.63, 3.8) is 0 Å². The van der Waals surface area contributed by atoms with E-state index in [1.54, 1.807) is 0 Å². The molecule has 3 N–H and O–H groups in total. The maximum Gasteiger partial charge on any atom is 0.303 e. The van der Waals surface area contributed by atoms with E-state index in [4.69, 9.17) is 15.6 Å². The molecule has 0 bridgehead atoms. The molecule has 0 spiro atoms. The molecule has 1 aliphatic rings. The van der Waals surface area contributed by atoms with Crippen LogP contribution in [0.5, 0.6) is 5.75 Å². The Bertz CT molecular complexity index is 505. The van der Waals surface area contributed by atoms with Crippen molar-refractivity contribution in [1.29, 1.82) is 0 Å². The summed E-state index contributed by atoms with van der Waals surface area (Å²) in [5, 5.41) is 8.70. The van der Waals surface area contributed by atoms with Crippen LogP contribution in [0, 0.1) is 11.7 Å². The number of carboxylic acids is 1. The lowest BCUT2D eigenvalue weighted by atomic mass is 10.0. The van der Waals surface area contributed by atoms with Crippen LogP contribution < -0.4 is 10.5 Å². The molecule has 1 aromatic rings. The van der Waals surface area contributed by atoms with Gasteiger partial charge in [-0.05, 0) is 53.2 Å². The van der Waals surface area contributed by atoms with Crippen LogP contribution in [0.3, 0.4) is 0 Å². The fraction of sp³-hybridized carbons (Fsp3) is 0.500. The van der Waals surface area contributed by atoms with Crippen LogP contribution in [0.4, 0.5) is 4.39 Å². The Labute approximate surface area is 125 Å². The van der Waals surface area contributed by atoms with Gasteiger partial charge in [-0.1, -0.05) is 0 Å². The Kier molecular flexibility index (Phi) is 4.99. The van der Waals surface area contributed by atoms with Gasteiger partial charge in [0.2, 0.25) is 0 Å². The first kappa shape index (κ1) is 15.3. The summed E-state index contributed by atoms with van der Waals surface area (Å²) in [6.07, 6.45) is 2.49. The van der Waals surface area contributed by atoms with Gasteiger partial charge in [0.15, 0.2) is 0 Å². The second-order valence-corrected chi connectivity index (χ2v) is 5.95. The van der Waals surface area contributed by atoms with Crippen molar-refractivity contribution in [2.45, 2.75) is 31.7 Å². The van der Waals surface area contributed by atoms with E-state index < -0.39 is 17.8 Å². The predicted molar refractivity (Wildman–Crippen MR) is 76.1 cm³/mol. The first-order valence-corrected chi connectivity index (χ1v) is 7.35. The molecule has 1 aliphatic carbocycles. The van der Waals surface area contributed by atoms with Crippen LogP contribution in [0.2, 0.25) is 0 Å². The van der Waals surface area contributed by atoms with Gasteiger partial charge < -0.3 is 15.6 Å². The van der Waals surface area contributed by atoms with Crippen molar-refractivity contribution in [2.75, 3.05) is 6.61 Å². The van der Waals surface area contributed by atoms with E-state index in [2.05, 4.69) is 15.9 Å². The standard InChI is InChI=1S/C14H17BrFNO3/c15-11-6-9(16)5-10(12(17)3-4-13(18)19)14(11)20-7-8-1-2-8/h5-6,8,12H,1-4,7,17H2,(H,18,19). The lowest BCUT2D eigenvalue weighted by Crippen LogP contribution is -2.15. The molecule has 2 rings (SSSR count). The second-order valence-electron chi connectivity index (χ2n) is 5.10. The molecule has 0 saturated heterocycles. The summed E-state index contributed by atoms with van der Waals surface area (Å²) in [4.78, 5) is 10.6. The van der Waals surface area contributed by atoms with E-state index in [0.29, 0.717) is 28.3 Å². The minimum atomic E-state index is -0.920. The van der Waals surface area contributed by atoms with E-state index in [1.807, 2.05) is 0 Å². The van der Waals surface area contributed by atoms with E-state index in [-0.39, 0.29) is 12.8 Å². The monoisotopic (exact) mass is 345 g/mol. The van der Waals surface area contributed by atoms with E-state index >= 15 is 0 Å². The van der Waals surface area contributed by atoms with Crippen LogP contribution in [-0.4, -0.2) is 17.7 Å². The summed E-state index contributed by atoms with van der Waals surface area (Å²) < 4.78 is 19.8. The lowest BCUT2D eigenvalue weighted by Gasteiger charge is -2.18. The summed E-state index contributed by atoms with van der Waals surface area (Å²) in [7, 11) is 0. The molecule has 4 nitrogen and oxygen atoms in total. The number of rotatable bonds is 7. The molecule has 1 unspecified atom stereocenters. The Balaban J connectivity index is 2.16. The number of nitrogens with two attached hydrogens (primary N) is 1. The smallest absolute Gasteiger partial charge is 0.303 e. The van der Waals surface area contributed by atoms with Crippen molar-refractivity contribution >= 4 is 21.9 Å². The highest BCUT2D eigenvalue weighted by Crippen LogP contribution is 2.37. The molecule has 0 amide bonds. The largest absolute Gasteiger partial charge is 0.492 e. The zero-order valence-corrected chi connectivity index (χ0v) is 12.5. The van der Waals surface area contributed by atoms with Crippen molar-refractivity contribution < 1.29 is 19.0 Å². The average molecular weight is 346 g/mol. The van der Waals surface area contributed by atoms with Crippen LogP contribution in [0.15, 0.2) is 16.6 Å². The van der Waals surface area contributed by atoms with Crippen LogP contribution in [0.1, 0.15) is 37.3 Å². The van der Waals surface area contributed by atoms with Gasteiger partial charge in [-0.15, -0.1) is 0 Å². The summed E-state index contributed by atoms with van der Waals surface area (Å²) >= 11 is 3.28. The molecule has 20 heavy (non-hydrogen) atoms.